The molecule has 0 atom stereocenters. The van der Waals surface area contributed by atoms with Gasteiger partial charge in [0.25, 0.3) is 0 Å². The van der Waals surface area contributed by atoms with Gasteiger partial charge in [-0.2, -0.15) is 0 Å². The first-order valence-corrected chi connectivity index (χ1v) is 8.89. The number of amides is 1. The van der Waals surface area contributed by atoms with Gasteiger partial charge in [0.15, 0.2) is 0 Å². The number of thiazole rings is 1. The number of hydrogen-bond acceptors (Lipinski definition) is 3. The summed E-state index contributed by atoms with van der Waals surface area (Å²) in [6.07, 6.45) is 0.287. The highest BCUT2D eigenvalue weighted by molar-refractivity contribution is 7.13. The molecule has 0 saturated heterocycles. The van der Waals surface area contributed by atoms with Gasteiger partial charge in [-0.05, 0) is 23.6 Å². The highest BCUT2D eigenvalue weighted by Crippen LogP contribution is 2.26. The van der Waals surface area contributed by atoms with Crippen molar-refractivity contribution in [2.75, 3.05) is 5.32 Å². The molecule has 2 aromatic carbocycles. The molecule has 4 heteroatoms. The van der Waals surface area contributed by atoms with Gasteiger partial charge in [0.2, 0.25) is 5.91 Å². The number of carbonyl (C=O) groups is 1. The molecule has 0 radical (unpaired) electrons. The van der Waals surface area contributed by atoms with E-state index in [9.17, 15) is 4.79 Å². The maximum Gasteiger partial charge on any atom is 0.230 e. The Labute approximate surface area is 146 Å². The van der Waals surface area contributed by atoms with Gasteiger partial charge in [0.05, 0.1) is 12.1 Å². The Kier molecular flexibility index (Phi) is 5.06. The predicted molar refractivity (Wildman–Crippen MR) is 100 cm³/mol. The molecule has 122 valence electrons. The molecule has 3 aromatic rings. The Morgan fingerprint density at radius 2 is 1.79 bits per heavy atom. The van der Waals surface area contributed by atoms with Crippen LogP contribution in [0.1, 0.15) is 31.0 Å². The normalized spacial score (nSPS) is 10.8. The molecule has 0 bridgehead atoms. The monoisotopic (exact) mass is 336 g/mol. The third-order valence-electron chi connectivity index (χ3n) is 3.78. The van der Waals surface area contributed by atoms with E-state index in [1.165, 1.54) is 5.56 Å². The molecule has 3 nitrogen and oxygen atoms in total. The molecule has 1 N–H and O–H groups in total. The van der Waals surface area contributed by atoms with Crippen molar-refractivity contribution in [3.63, 3.8) is 0 Å². The van der Waals surface area contributed by atoms with Gasteiger partial charge < -0.3 is 5.32 Å². The van der Waals surface area contributed by atoms with E-state index in [4.69, 9.17) is 0 Å². The van der Waals surface area contributed by atoms with Crippen LogP contribution in [0, 0.1) is 0 Å². The van der Waals surface area contributed by atoms with E-state index in [0.717, 1.165) is 22.0 Å². The van der Waals surface area contributed by atoms with E-state index in [1.54, 1.807) is 11.3 Å². The second-order valence-corrected chi connectivity index (χ2v) is 6.87. The number of para-hydroxylation sites is 1. The summed E-state index contributed by atoms with van der Waals surface area (Å²) in [6.45, 7) is 4.36. The summed E-state index contributed by atoms with van der Waals surface area (Å²) >= 11 is 1.57. The van der Waals surface area contributed by atoms with Gasteiger partial charge in [-0.25, -0.2) is 4.98 Å². The summed E-state index contributed by atoms with van der Waals surface area (Å²) in [5.41, 5.74) is 4.02. The zero-order valence-corrected chi connectivity index (χ0v) is 14.6. The Morgan fingerprint density at radius 1 is 1.08 bits per heavy atom. The molecule has 0 spiro atoms. The Bertz CT molecular complexity index is 807. The van der Waals surface area contributed by atoms with E-state index >= 15 is 0 Å². The summed E-state index contributed by atoms with van der Waals surface area (Å²) in [7, 11) is 0. The van der Waals surface area contributed by atoms with Crippen LogP contribution in [0.2, 0.25) is 0 Å². The van der Waals surface area contributed by atoms with Crippen LogP contribution >= 0.6 is 11.3 Å². The van der Waals surface area contributed by atoms with Crippen LogP contribution < -0.4 is 5.32 Å². The number of anilines is 1. The van der Waals surface area contributed by atoms with Gasteiger partial charge in [-0.15, -0.1) is 11.3 Å². The van der Waals surface area contributed by atoms with Crippen LogP contribution in [0.3, 0.4) is 0 Å². The number of benzene rings is 2. The van der Waals surface area contributed by atoms with Crippen molar-refractivity contribution in [1.29, 1.82) is 0 Å². The molecule has 0 fully saturated rings. The molecule has 1 amide bonds. The molecule has 3 rings (SSSR count). The quantitative estimate of drug-likeness (QED) is 0.703. The van der Waals surface area contributed by atoms with E-state index in [1.807, 2.05) is 35.7 Å². The summed E-state index contributed by atoms with van der Waals surface area (Å²) in [5, 5.41) is 5.79. The van der Waals surface area contributed by atoms with Crippen molar-refractivity contribution in [3.05, 3.63) is 71.2 Å². The Morgan fingerprint density at radius 3 is 2.46 bits per heavy atom. The van der Waals surface area contributed by atoms with Crippen molar-refractivity contribution in [2.45, 2.75) is 26.2 Å². The minimum absolute atomic E-state index is 0.0480. The first-order chi connectivity index (χ1) is 11.6. The summed E-state index contributed by atoms with van der Waals surface area (Å²) in [6, 6.07) is 18.0. The molecular formula is C20H20N2OS. The smallest absolute Gasteiger partial charge is 0.230 e. The van der Waals surface area contributed by atoms with Crippen LogP contribution in [-0.2, 0) is 11.2 Å². The molecule has 0 aliphatic carbocycles. The fourth-order valence-corrected chi connectivity index (χ4v) is 3.25. The van der Waals surface area contributed by atoms with Crippen LogP contribution in [0.15, 0.2) is 60.0 Å². The van der Waals surface area contributed by atoms with Crippen molar-refractivity contribution in [1.82, 2.24) is 4.98 Å². The number of nitrogens with zero attached hydrogens (tertiary/aromatic N) is 1. The third-order valence-corrected chi connectivity index (χ3v) is 4.72. The van der Waals surface area contributed by atoms with E-state index in [0.29, 0.717) is 5.92 Å². The summed E-state index contributed by atoms with van der Waals surface area (Å²) < 4.78 is 0. The lowest BCUT2D eigenvalue weighted by Crippen LogP contribution is -2.14. The fourth-order valence-electron chi connectivity index (χ4n) is 2.42. The Hall–Kier alpha value is -2.46. The first-order valence-electron chi connectivity index (χ1n) is 8.01. The minimum atomic E-state index is -0.0480. The number of aromatic nitrogens is 1. The van der Waals surface area contributed by atoms with Gasteiger partial charge in [0, 0.05) is 16.6 Å². The van der Waals surface area contributed by atoms with Crippen LogP contribution in [0.4, 0.5) is 5.69 Å². The second-order valence-electron chi connectivity index (χ2n) is 6.01. The second kappa shape index (κ2) is 7.41. The maximum atomic E-state index is 12.1. The molecule has 0 saturated carbocycles. The SMILES string of the molecule is CC(C)c1ccc(-c2nc(CC(=O)Nc3ccccc3)cs2)cc1. The van der Waals surface area contributed by atoms with Crippen molar-refractivity contribution < 1.29 is 4.79 Å². The molecule has 1 heterocycles. The third kappa shape index (κ3) is 4.09. The summed E-state index contributed by atoms with van der Waals surface area (Å²) in [5.74, 6) is 0.473. The lowest BCUT2D eigenvalue weighted by Gasteiger charge is -2.05. The fraction of sp³-hybridized carbons (Fsp3) is 0.200. The average molecular weight is 336 g/mol. The van der Waals surface area contributed by atoms with Gasteiger partial charge in [-0.1, -0.05) is 56.3 Å². The van der Waals surface area contributed by atoms with Gasteiger partial charge in [0.1, 0.15) is 5.01 Å². The van der Waals surface area contributed by atoms with E-state index in [-0.39, 0.29) is 12.3 Å². The summed E-state index contributed by atoms with van der Waals surface area (Å²) in [4.78, 5) is 16.7. The van der Waals surface area contributed by atoms with Gasteiger partial charge in [-0.3, -0.25) is 4.79 Å². The van der Waals surface area contributed by atoms with Gasteiger partial charge >= 0.3 is 0 Å². The van der Waals surface area contributed by atoms with E-state index in [2.05, 4.69) is 48.4 Å². The zero-order chi connectivity index (χ0) is 16.9. The topological polar surface area (TPSA) is 42.0 Å². The highest BCUT2D eigenvalue weighted by atomic mass is 32.1. The number of hydrogen-bond donors (Lipinski definition) is 1. The van der Waals surface area contributed by atoms with Crippen molar-refractivity contribution in [2.24, 2.45) is 0 Å². The molecule has 0 aliphatic rings. The maximum absolute atomic E-state index is 12.1. The lowest BCUT2D eigenvalue weighted by atomic mass is 10.0. The van der Waals surface area contributed by atoms with Crippen molar-refractivity contribution >= 4 is 22.9 Å². The van der Waals surface area contributed by atoms with Crippen molar-refractivity contribution in [3.8, 4) is 10.6 Å². The largest absolute Gasteiger partial charge is 0.326 e. The molecule has 1 aromatic heterocycles. The number of rotatable bonds is 5. The van der Waals surface area contributed by atoms with Crippen LogP contribution in [-0.4, -0.2) is 10.9 Å². The molecule has 24 heavy (non-hydrogen) atoms. The first kappa shape index (κ1) is 16.4. The lowest BCUT2D eigenvalue weighted by molar-refractivity contribution is -0.115. The highest BCUT2D eigenvalue weighted by Gasteiger charge is 2.10. The molecule has 0 unspecified atom stereocenters. The van der Waals surface area contributed by atoms with Crippen LogP contribution in [0.5, 0.6) is 0 Å². The minimum Gasteiger partial charge on any atom is -0.326 e. The standard InChI is InChI=1S/C20H20N2OS/c1-14(2)15-8-10-16(11-9-15)20-22-18(13-24-20)12-19(23)21-17-6-4-3-5-7-17/h3-11,13-14H,12H2,1-2H3,(H,21,23). The average Bonchev–Trinajstić information content (AvgIpc) is 3.04. The van der Waals surface area contributed by atoms with E-state index < -0.39 is 0 Å². The zero-order valence-electron chi connectivity index (χ0n) is 13.8. The predicted octanol–water partition coefficient (Wildman–Crippen LogP) is 5.11. The number of nitrogens with one attached hydrogen (secondary N) is 1. The molecular weight excluding hydrogens is 316 g/mol. The Balaban J connectivity index is 1.66. The number of carbonyl (C=O) groups excluding carboxylic acids is 1. The molecule has 0 aliphatic heterocycles. The van der Waals surface area contributed by atoms with Crippen LogP contribution in [0.25, 0.3) is 10.6 Å².